The molecule has 1 unspecified atom stereocenters. The number of anilines is 1. The van der Waals surface area contributed by atoms with Crippen molar-refractivity contribution in [3.63, 3.8) is 0 Å². The third-order valence-corrected chi connectivity index (χ3v) is 26.2. The normalized spacial score (nSPS) is 16.3. The minimum Gasteiger partial charge on any atom is -0.409 e. The predicted molar refractivity (Wildman–Crippen MR) is 108 cm³/mol. The summed E-state index contributed by atoms with van der Waals surface area (Å²) in [6.07, 6.45) is 3.63. The Kier molecular flexibility index (Phi) is 6.28. The van der Waals surface area contributed by atoms with Gasteiger partial charge < -0.3 is 4.98 Å². The van der Waals surface area contributed by atoms with Gasteiger partial charge in [0.05, 0.1) is 7.59 Å². The number of rotatable bonds is 6. The van der Waals surface area contributed by atoms with Crippen molar-refractivity contribution >= 4 is 21.0 Å². The van der Waals surface area contributed by atoms with Gasteiger partial charge in [0.25, 0.3) is 0 Å². The second-order valence-electron chi connectivity index (χ2n) is 7.99. The summed E-state index contributed by atoms with van der Waals surface area (Å²) in [5.74, 6) is 0. The van der Waals surface area contributed by atoms with Crippen LogP contribution in [0, 0.1) is 0 Å². The van der Waals surface area contributed by atoms with Crippen LogP contribution >= 0.6 is 0 Å². The molecule has 1 aromatic carbocycles. The molecule has 0 amide bonds. The van der Waals surface area contributed by atoms with Gasteiger partial charge in [0, 0.05) is 5.69 Å². The summed E-state index contributed by atoms with van der Waals surface area (Å²) in [4.78, 5) is 4.12. The maximum Gasteiger partial charge on any atom is 0.168 e. The number of para-hydroxylation sites is 1. The van der Waals surface area contributed by atoms with Gasteiger partial charge in [-0.3, -0.25) is 0 Å². The van der Waals surface area contributed by atoms with Gasteiger partial charge in [0.15, 0.2) is 7.75 Å². The Bertz CT molecular complexity index is 500. The maximum absolute atomic E-state index is 4.12. The lowest BCUT2D eigenvalue weighted by Crippen LogP contribution is -2.69. The van der Waals surface area contributed by atoms with Crippen molar-refractivity contribution in [2.45, 2.75) is 72.1 Å². The van der Waals surface area contributed by atoms with Crippen LogP contribution in [0.4, 0.5) is 5.69 Å². The summed E-state index contributed by atoms with van der Waals surface area (Å²) in [7, 11) is -3.27. The highest BCUT2D eigenvalue weighted by Gasteiger charge is 2.55. The van der Waals surface area contributed by atoms with Gasteiger partial charge in [0.1, 0.15) is 0 Å². The van der Waals surface area contributed by atoms with E-state index in [4.69, 9.17) is 0 Å². The van der Waals surface area contributed by atoms with E-state index >= 15 is 0 Å². The lowest BCUT2D eigenvalue weighted by Gasteiger charge is -2.52. The van der Waals surface area contributed by atoms with Crippen molar-refractivity contribution in [1.82, 2.24) is 0 Å². The molecular weight excluding hydrogens is 298 g/mol. The van der Waals surface area contributed by atoms with Crippen LogP contribution < -0.4 is 4.98 Å². The first-order valence-electron chi connectivity index (χ1n) is 8.59. The molecule has 0 aliphatic carbocycles. The molecule has 1 nitrogen and oxygen atoms in total. The molecule has 3 heteroatoms. The Labute approximate surface area is 140 Å². The highest BCUT2D eigenvalue weighted by molar-refractivity contribution is 7.46. The fraction of sp³-hybridized carbons (Fsp3) is 0.579. The Morgan fingerprint density at radius 1 is 1.14 bits per heavy atom. The summed E-state index contributed by atoms with van der Waals surface area (Å²) in [5.41, 5.74) is 1.30. The highest BCUT2D eigenvalue weighted by Crippen LogP contribution is 2.46. The van der Waals surface area contributed by atoms with Gasteiger partial charge in [-0.2, -0.15) is 0 Å². The third kappa shape index (κ3) is 3.57. The fourth-order valence-electron chi connectivity index (χ4n) is 3.35. The van der Waals surface area contributed by atoms with Gasteiger partial charge in [-0.1, -0.05) is 76.7 Å². The van der Waals surface area contributed by atoms with Crippen molar-refractivity contribution in [2.75, 3.05) is 4.98 Å². The summed E-state index contributed by atoms with van der Waals surface area (Å²) < 4.78 is 0. The summed E-state index contributed by atoms with van der Waals surface area (Å²) in [6.45, 7) is 19.5. The SMILES string of the molecule is C/C=C(\C)[Si](CCC)(Nc1ccccc1)[Si](C)(C)C(C)(C)C. The van der Waals surface area contributed by atoms with E-state index in [2.05, 4.69) is 96.0 Å². The van der Waals surface area contributed by atoms with E-state index < -0.39 is 15.3 Å². The van der Waals surface area contributed by atoms with Crippen LogP contribution in [0.15, 0.2) is 41.6 Å². The molecule has 0 aromatic heterocycles. The summed E-state index contributed by atoms with van der Waals surface area (Å²) >= 11 is 0. The average Bonchev–Trinajstić information content (AvgIpc) is 2.45. The number of nitrogens with one attached hydrogen (secondary N) is 1. The van der Waals surface area contributed by atoms with Crippen LogP contribution in [-0.2, 0) is 0 Å². The van der Waals surface area contributed by atoms with Crippen LogP contribution in [0.25, 0.3) is 0 Å². The molecular formula is C19H35NSi2. The number of hydrogen-bond acceptors (Lipinski definition) is 1. The Hall–Kier alpha value is -0.806. The molecule has 0 fully saturated rings. The maximum atomic E-state index is 4.12. The van der Waals surface area contributed by atoms with Crippen molar-refractivity contribution in [1.29, 1.82) is 0 Å². The molecule has 1 aromatic rings. The zero-order valence-corrected chi connectivity index (χ0v) is 17.9. The van der Waals surface area contributed by atoms with Crippen LogP contribution in [0.1, 0.15) is 48.0 Å². The monoisotopic (exact) mass is 333 g/mol. The molecule has 0 aliphatic heterocycles. The predicted octanol–water partition coefficient (Wildman–Crippen LogP) is 6.55. The molecule has 1 rings (SSSR count). The largest absolute Gasteiger partial charge is 0.409 e. The smallest absolute Gasteiger partial charge is 0.168 e. The van der Waals surface area contributed by atoms with E-state index in [0.29, 0.717) is 5.04 Å². The van der Waals surface area contributed by atoms with Crippen molar-refractivity contribution in [3.8, 4) is 0 Å². The Morgan fingerprint density at radius 3 is 2.09 bits per heavy atom. The first-order chi connectivity index (χ1) is 10.1. The molecule has 1 N–H and O–H groups in total. The van der Waals surface area contributed by atoms with Gasteiger partial charge in [-0.15, -0.1) is 0 Å². The van der Waals surface area contributed by atoms with Gasteiger partial charge in [0.2, 0.25) is 0 Å². The molecule has 0 radical (unpaired) electrons. The standard InChI is InChI=1S/C19H35NSi2/c1-9-16-22(17(3)10-2,21(7,8)19(4,5)6)20-18-14-12-11-13-15-18/h10-15,20H,9,16H2,1-8H3/b17-10+. The Morgan fingerprint density at radius 2 is 1.68 bits per heavy atom. The summed E-state index contributed by atoms with van der Waals surface area (Å²) in [5, 5.41) is 2.02. The van der Waals surface area contributed by atoms with Crippen LogP contribution in [0.3, 0.4) is 0 Å². The molecule has 0 saturated carbocycles. The fourth-order valence-corrected chi connectivity index (χ4v) is 20.4. The highest BCUT2D eigenvalue weighted by atomic mass is 29.3. The first-order valence-corrected chi connectivity index (χ1v) is 14.8. The van der Waals surface area contributed by atoms with E-state index in [-0.39, 0.29) is 0 Å². The van der Waals surface area contributed by atoms with Gasteiger partial charge in [-0.25, -0.2) is 0 Å². The van der Waals surface area contributed by atoms with E-state index in [1.165, 1.54) is 18.2 Å². The number of allylic oxidation sites excluding steroid dienone is 2. The molecule has 124 valence electrons. The second kappa shape index (κ2) is 7.18. The van der Waals surface area contributed by atoms with Crippen LogP contribution in [0.5, 0.6) is 0 Å². The van der Waals surface area contributed by atoms with Gasteiger partial charge in [-0.05, 0) is 37.1 Å². The Balaban J connectivity index is 3.48. The molecule has 1 atom stereocenters. The van der Waals surface area contributed by atoms with E-state index in [1.54, 1.807) is 5.20 Å². The number of benzene rings is 1. The zero-order valence-electron chi connectivity index (χ0n) is 15.9. The molecule has 0 saturated heterocycles. The minimum atomic E-state index is -1.75. The van der Waals surface area contributed by atoms with E-state index in [9.17, 15) is 0 Å². The van der Waals surface area contributed by atoms with Crippen LogP contribution in [-0.4, -0.2) is 15.3 Å². The minimum absolute atomic E-state index is 0.389. The first kappa shape index (κ1) is 19.2. The molecule has 0 bridgehead atoms. The quantitative estimate of drug-likeness (QED) is 0.582. The lowest BCUT2D eigenvalue weighted by atomic mass is 10.2. The van der Waals surface area contributed by atoms with Gasteiger partial charge >= 0.3 is 0 Å². The number of hydrogen-bond donors (Lipinski definition) is 1. The van der Waals surface area contributed by atoms with Crippen molar-refractivity contribution in [3.05, 3.63) is 41.6 Å². The zero-order chi connectivity index (χ0) is 17.0. The van der Waals surface area contributed by atoms with E-state index in [1.807, 2.05) is 0 Å². The third-order valence-electron chi connectivity index (χ3n) is 5.80. The van der Waals surface area contributed by atoms with E-state index in [0.717, 1.165) is 0 Å². The molecule has 0 heterocycles. The summed E-state index contributed by atoms with van der Waals surface area (Å²) in [6, 6.07) is 12.2. The molecule has 0 aliphatic rings. The topological polar surface area (TPSA) is 12.0 Å². The van der Waals surface area contributed by atoms with Crippen molar-refractivity contribution < 1.29 is 0 Å². The average molecular weight is 334 g/mol. The second-order valence-corrected chi connectivity index (χ2v) is 22.4. The molecule has 22 heavy (non-hydrogen) atoms. The molecule has 0 spiro atoms. The lowest BCUT2D eigenvalue weighted by molar-refractivity contribution is 0.731. The van der Waals surface area contributed by atoms with Crippen molar-refractivity contribution in [2.24, 2.45) is 0 Å². The van der Waals surface area contributed by atoms with Crippen LogP contribution in [0.2, 0.25) is 24.2 Å².